The van der Waals surface area contributed by atoms with Crippen molar-refractivity contribution in [2.24, 2.45) is 0 Å². The van der Waals surface area contributed by atoms with E-state index in [0.717, 1.165) is 11.4 Å². The maximum absolute atomic E-state index is 12.5. The van der Waals surface area contributed by atoms with Crippen LogP contribution in [0.15, 0.2) is 66.9 Å². The third-order valence-electron chi connectivity index (χ3n) is 3.76. The summed E-state index contributed by atoms with van der Waals surface area (Å²) in [5.74, 6) is 1.02. The molecule has 0 atom stereocenters. The summed E-state index contributed by atoms with van der Waals surface area (Å²) in [6.07, 6.45) is 1.56. The summed E-state index contributed by atoms with van der Waals surface area (Å²) in [7, 11) is 0. The van der Waals surface area contributed by atoms with E-state index in [1.54, 1.807) is 42.6 Å². The summed E-state index contributed by atoms with van der Waals surface area (Å²) >= 11 is 0. The van der Waals surface area contributed by atoms with E-state index in [2.05, 4.69) is 21.7 Å². The van der Waals surface area contributed by atoms with Crippen LogP contribution in [0.2, 0.25) is 0 Å². The van der Waals surface area contributed by atoms with E-state index < -0.39 is 0 Å². The minimum Gasteiger partial charge on any atom is -0.494 e. The quantitative estimate of drug-likeness (QED) is 0.684. The van der Waals surface area contributed by atoms with Gasteiger partial charge in [-0.25, -0.2) is 4.98 Å². The zero-order valence-electron chi connectivity index (χ0n) is 14.8. The molecule has 0 fully saturated rings. The Kier molecular flexibility index (Phi) is 5.65. The first-order chi connectivity index (χ1) is 13.2. The number of hydrogen-bond acceptors (Lipinski definition) is 5. The van der Waals surface area contributed by atoms with E-state index in [1.165, 1.54) is 0 Å². The summed E-state index contributed by atoms with van der Waals surface area (Å²) in [6, 6.07) is 19.7. The molecule has 1 amide bonds. The number of aromatic nitrogens is 1. The van der Waals surface area contributed by atoms with Crippen LogP contribution in [0.4, 0.5) is 17.2 Å². The number of ether oxygens (including phenoxy) is 1. The molecule has 0 unspecified atom stereocenters. The van der Waals surface area contributed by atoms with Gasteiger partial charge in [-0.05, 0) is 55.5 Å². The number of hydrogen-bond donors (Lipinski definition) is 2. The lowest BCUT2D eigenvalue weighted by Crippen LogP contribution is -2.13. The maximum atomic E-state index is 12.5. The number of benzene rings is 2. The molecule has 0 aliphatic rings. The van der Waals surface area contributed by atoms with Gasteiger partial charge in [-0.15, -0.1) is 0 Å². The number of carbonyl (C=O) groups is 1. The van der Waals surface area contributed by atoms with Crippen LogP contribution in [0.25, 0.3) is 0 Å². The highest BCUT2D eigenvalue weighted by atomic mass is 16.5. The maximum Gasteiger partial charge on any atom is 0.255 e. The smallest absolute Gasteiger partial charge is 0.255 e. The van der Waals surface area contributed by atoms with Crippen molar-refractivity contribution in [2.75, 3.05) is 17.2 Å². The van der Waals surface area contributed by atoms with Crippen molar-refractivity contribution in [1.82, 2.24) is 4.98 Å². The number of pyridine rings is 1. The van der Waals surface area contributed by atoms with Gasteiger partial charge in [0.15, 0.2) is 0 Å². The van der Waals surface area contributed by atoms with Crippen molar-refractivity contribution < 1.29 is 9.53 Å². The fraction of sp³-hybridized carbons (Fsp3) is 0.0952. The molecule has 134 valence electrons. The van der Waals surface area contributed by atoms with Gasteiger partial charge in [0, 0.05) is 17.4 Å². The second kappa shape index (κ2) is 8.50. The SMILES string of the molecule is CCOc1ccc(Nc2cc(C(=O)Nc3ccccc3C#N)ccn2)cc1. The third-order valence-corrected chi connectivity index (χ3v) is 3.76. The van der Waals surface area contributed by atoms with Crippen LogP contribution in [0.1, 0.15) is 22.8 Å². The van der Waals surface area contributed by atoms with Crippen LogP contribution in [-0.4, -0.2) is 17.5 Å². The molecule has 27 heavy (non-hydrogen) atoms. The molecule has 0 aliphatic heterocycles. The van der Waals surface area contributed by atoms with Crippen molar-refractivity contribution in [1.29, 1.82) is 5.26 Å². The van der Waals surface area contributed by atoms with Gasteiger partial charge in [0.1, 0.15) is 17.6 Å². The fourth-order valence-electron chi connectivity index (χ4n) is 2.47. The molecule has 6 nitrogen and oxygen atoms in total. The highest BCUT2D eigenvalue weighted by Crippen LogP contribution is 2.20. The van der Waals surface area contributed by atoms with Crippen LogP contribution < -0.4 is 15.4 Å². The predicted octanol–water partition coefficient (Wildman–Crippen LogP) is 4.35. The summed E-state index contributed by atoms with van der Waals surface area (Å²) in [6.45, 7) is 2.54. The van der Waals surface area contributed by atoms with Crippen LogP contribution >= 0.6 is 0 Å². The Morgan fingerprint density at radius 2 is 1.93 bits per heavy atom. The molecule has 0 bridgehead atoms. The van der Waals surface area contributed by atoms with E-state index in [-0.39, 0.29) is 5.91 Å². The zero-order valence-corrected chi connectivity index (χ0v) is 14.8. The minimum atomic E-state index is -0.310. The third kappa shape index (κ3) is 4.61. The topological polar surface area (TPSA) is 87.0 Å². The number of rotatable bonds is 6. The lowest BCUT2D eigenvalue weighted by Gasteiger charge is -2.10. The number of carbonyl (C=O) groups excluding carboxylic acids is 1. The molecule has 0 radical (unpaired) electrons. The van der Waals surface area contributed by atoms with Gasteiger partial charge in [-0.3, -0.25) is 4.79 Å². The zero-order chi connectivity index (χ0) is 19.1. The first-order valence-corrected chi connectivity index (χ1v) is 8.46. The Balaban J connectivity index is 1.73. The van der Waals surface area contributed by atoms with E-state index in [9.17, 15) is 4.79 Å². The van der Waals surface area contributed by atoms with E-state index in [0.29, 0.717) is 29.2 Å². The van der Waals surface area contributed by atoms with Gasteiger partial charge in [0.05, 0.1) is 17.9 Å². The fourth-order valence-corrected chi connectivity index (χ4v) is 2.47. The van der Waals surface area contributed by atoms with E-state index >= 15 is 0 Å². The van der Waals surface area contributed by atoms with Crippen molar-refractivity contribution in [3.05, 3.63) is 78.0 Å². The Morgan fingerprint density at radius 3 is 2.67 bits per heavy atom. The second-order valence-electron chi connectivity index (χ2n) is 5.62. The molecule has 3 aromatic rings. The highest BCUT2D eigenvalue weighted by molar-refractivity contribution is 6.05. The summed E-state index contributed by atoms with van der Waals surface area (Å²) < 4.78 is 5.42. The largest absolute Gasteiger partial charge is 0.494 e. The highest BCUT2D eigenvalue weighted by Gasteiger charge is 2.10. The van der Waals surface area contributed by atoms with Gasteiger partial charge in [-0.1, -0.05) is 12.1 Å². The normalized spacial score (nSPS) is 9.93. The van der Waals surface area contributed by atoms with Crippen molar-refractivity contribution >= 4 is 23.1 Å². The number of para-hydroxylation sites is 1. The predicted molar refractivity (Wildman–Crippen MR) is 104 cm³/mol. The summed E-state index contributed by atoms with van der Waals surface area (Å²) in [5, 5.41) is 15.0. The van der Waals surface area contributed by atoms with Gasteiger partial charge >= 0.3 is 0 Å². The molecular weight excluding hydrogens is 340 g/mol. The monoisotopic (exact) mass is 358 g/mol. The second-order valence-corrected chi connectivity index (χ2v) is 5.62. The molecule has 3 rings (SSSR count). The van der Waals surface area contributed by atoms with Gasteiger partial charge in [0.2, 0.25) is 0 Å². The van der Waals surface area contributed by atoms with Gasteiger partial charge < -0.3 is 15.4 Å². The van der Waals surface area contributed by atoms with Crippen molar-refractivity contribution in [3.63, 3.8) is 0 Å². The Hall–Kier alpha value is -3.85. The Bertz CT molecular complexity index is 978. The number of nitrogens with zero attached hydrogens (tertiary/aromatic N) is 2. The molecule has 2 aromatic carbocycles. The standard InChI is InChI=1S/C21H18N4O2/c1-2-27-18-9-7-17(8-10-18)24-20-13-15(11-12-23-20)21(26)25-19-6-4-3-5-16(19)14-22/h3-13H,2H2,1H3,(H,23,24)(H,25,26). The molecule has 0 aliphatic carbocycles. The number of nitrogens with one attached hydrogen (secondary N) is 2. The van der Waals surface area contributed by atoms with Crippen molar-refractivity contribution in [3.8, 4) is 11.8 Å². The molecule has 0 spiro atoms. The van der Waals surface area contributed by atoms with E-state index in [1.807, 2.05) is 31.2 Å². The molecule has 2 N–H and O–H groups in total. The number of nitriles is 1. The van der Waals surface area contributed by atoms with Crippen molar-refractivity contribution in [2.45, 2.75) is 6.92 Å². The van der Waals surface area contributed by atoms with Crippen LogP contribution in [-0.2, 0) is 0 Å². The Labute approximate surface area is 157 Å². The average molecular weight is 358 g/mol. The number of anilines is 3. The molecule has 6 heteroatoms. The average Bonchev–Trinajstić information content (AvgIpc) is 2.70. The lowest BCUT2D eigenvalue weighted by atomic mass is 10.1. The number of amides is 1. The summed E-state index contributed by atoms with van der Waals surface area (Å²) in [4.78, 5) is 16.8. The molecular formula is C21H18N4O2. The van der Waals surface area contributed by atoms with Crippen LogP contribution in [0.3, 0.4) is 0 Å². The molecule has 1 aromatic heterocycles. The molecule has 0 saturated heterocycles. The van der Waals surface area contributed by atoms with Gasteiger partial charge in [-0.2, -0.15) is 5.26 Å². The van der Waals surface area contributed by atoms with Crippen LogP contribution in [0.5, 0.6) is 5.75 Å². The van der Waals surface area contributed by atoms with Gasteiger partial charge in [0.25, 0.3) is 5.91 Å². The first-order valence-electron chi connectivity index (χ1n) is 8.46. The van der Waals surface area contributed by atoms with Crippen LogP contribution in [0, 0.1) is 11.3 Å². The lowest BCUT2D eigenvalue weighted by molar-refractivity contribution is 0.102. The first kappa shape index (κ1) is 18.0. The summed E-state index contributed by atoms with van der Waals surface area (Å²) in [5.41, 5.74) is 2.15. The Morgan fingerprint density at radius 1 is 1.15 bits per heavy atom. The molecule has 0 saturated carbocycles. The molecule has 1 heterocycles. The minimum absolute atomic E-state index is 0.310. The van der Waals surface area contributed by atoms with E-state index in [4.69, 9.17) is 10.00 Å².